The molecule has 1 aliphatic rings. The SMILES string of the molecule is CONC(=O)c1ccc(CCC(=O)CNC(=O)C[C@@H]2N=C(c3ccc(Cl)cc3)c3cc(OC)ccc3-n3c(C)nnc32)cc1O. The fourth-order valence-corrected chi connectivity index (χ4v) is 5.19. The number of amides is 2. The summed E-state index contributed by atoms with van der Waals surface area (Å²) < 4.78 is 7.38. The summed E-state index contributed by atoms with van der Waals surface area (Å²) in [7, 11) is 2.88. The van der Waals surface area contributed by atoms with Crippen molar-refractivity contribution >= 4 is 34.9 Å². The maximum absolute atomic E-state index is 13.2. The van der Waals surface area contributed by atoms with Crippen LogP contribution in [0.3, 0.4) is 0 Å². The number of ketones is 1. The molecule has 3 aromatic carbocycles. The molecule has 5 rings (SSSR count). The van der Waals surface area contributed by atoms with E-state index in [1.54, 1.807) is 25.3 Å². The lowest BCUT2D eigenvalue weighted by Gasteiger charge is -2.14. The van der Waals surface area contributed by atoms with E-state index in [4.69, 9.17) is 21.3 Å². The number of phenols is 1. The van der Waals surface area contributed by atoms with E-state index in [1.807, 2.05) is 41.8 Å². The van der Waals surface area contributed by atoms with Gasteiger partial charge in [-0.05, 0) is 61.4 Å². The number of carbonyl (C=O) groups excluding carboxylic acids is 3. The molecule has 232 valence electrons. The lowest BCUT2D eigenvalue weighted by Crippen LogP contribution is -2.31. The first kappa shape index (κ1) is 31.4. The normalized spacial score (nSPS) is 13.6. The topological polar surface area (TPSA) is 157 Å². The van der Waals surface area contributed by atoms with E-state index in [9.17, 15) is 19.5 Å². The molecule has 0 aliphatic carbocycles. The third-order valence-electron chi connectivity index (χ3n) is 7.31. The predicted octanol–water partition coefficient (Wildman–Crippen LogP) is 3.83. The Balaban J connectivity index is 1.31. The number of ether oxygens (including phenoxy) is 1. The van der Waals surface area contributed by atoms with Gasteiger partial charge in [-0.3, -0.25) is 28.8 Å². The second kappa shape index (κ2) is 13.7. The number of halogens is 1. The number of Topliss-reactive ketones (excluding diaryl/α,β-unsaturated/α-hetero) is 1. The average Bonchev–Trinajstić information content (AvgIpc) is 3.35. The monoisotopic (exact) mass is 630 g/mol. The Morgan fingerprint density at radius 3 is 2.51 bits per heavy atom. The molecule has 0 radical (unpaired) electrons. The predicted molar refractivity (Wildman–Crippen MR) is 166 cm³/mol. The van der Waals surface area contributed by atoms with Crippen LogP contribution in [-0.2, 0) is 20.8 Å². The van der Waals surface area contributed by atoms with E-state index in [0.717, 1.165) is 16.8 Å². The summed E-state index contributed by atoms with van der Waals surface area (Å²) in [4.78, 5) is 47.3. The summed E-state index contributed by atoms with van der Waals surface area (Å²) in [6.07, 6.45) is 0.360. The van der Waals surface area contributed by atoms with Gasteiger partial charge in [0.05, 0.1) is 44.1 Å². The summed E-state index contributed by atoms with van der Waals surface area (Å²) >= 11 is 6.16. The number of fused-ring (bicyclic) bond motifs is 3. The van der Waals surface area contributed by atoms with E-state index in [-0.39, 0.29) is 42.4 Å². The van der Waals surface area contributed by atoms with Crippen LogP contribution in [0.1, 0.15) is 57.6 Å². The molecule has 4 aromatic rings. The smallest absolute Gasteiger partial charge is 0.278 e. The molecular weight excluding hydrogens is 600 g/mol. The van der Waals surface area contributed by atoms with Crippen LogP contribution < -0.4 is 15.5 Å². The zero-order valence-electron chi connectivity index (χ0n) is 24.8. The molecule has 0 unspecified atom stereocenters. The lowest BCUT2D eigenvalue weighted by atomic mass is 10.00. The summed E-state index contributed by atoms with van der Waals surface area (Å²) in [6.45, 7) is 1.65. The van der Waals surface area contributed by atoms with Crippen molar-refractivity contribution in [1.29, 1.82) is 0 Å². The highest BCUT2D eigenvalue weighted by Gasteiger charge is 2.30. The van der Waals surface area contributed by atoms with E-state index in [1.165, 1.54) is 19.2 Å². The molecule has 0 spiro atoms. The second-order valence-electron chi connectivity index (χ2n) is 10.3. The summed E-state index contributed by atoms with van der Waals surface area (Å²) in [5.41, 5.74) is 5.85. The number of aromatic nitrogens is 3. The molecule has 13 heteroatoms. The number of nitrogens with zero attached hydrogens (tertiary/aromatic N) is 4. The Hall–Kier alpha value is -5.07. The quantitative estimate of drug-likeness (QED) is 0.211. The Labute approximate surface area is 264 Å². The van der Waals surface area contributed by atoms with Crippen molar-refractivity contribution < 1.29 is 29.1 Å². The number of hydroxylamine groups is 1. The van der Waals surface area contributed by atoms with Gasteiger partial charge in [-0.2, -0.15) is 0 Å². The minimum atomic E-state index is -0.706. The fraction of sp³-hybridized carbons (Fsp3) is 0.250. The van der Waals surface area contributed by atoms with Crippen LogP contribution in [0.25, 0.3) is 5.69 Å². The molecular formula is C32H31ClN6O6. The van der Waals surface area contributed by atoms with Gasteiger partial charge in [-0.15, -0.1) is 10.2 Å². The second-order valence-corrected chi connectivity index (χ2v) is 10.8. The van der Waals surface area contributed by atoms with Gasteiger partial charge in [-0.1, -0.05) is 29.8 Å². The number of hydrogen-bond donors (Lipinski definition) is 3. The number of rotatable bonds is 11. The number of carbonyl (C=O) groups is 3. The third-order valence-corrected chi connectivity index (χ3v) is 7.56. The van der Waals surface area contributed by atoms with Crippen molar-refractivity contribution in [3.8, 4) is 17.2 Å². The number of benzene rings is 3. The average molecular weight is 631 g/mol. The number of nitrogens with one attached hydrogen (secondary N) is 2. The molecule has 2 amide bonds. The van der Waals surface area contributed by atoms with Crippen LogP contribution in [0, 0.1) is 6.92 Å². The Morgan fingerprint density at radius 1 is 1.02 bits per heavy atom. The lowest BCUT2D eigenvalue weighted by molar-refractivity contribution is -0.125. The number of aliphatic imine (C=N–C) groups is 1. The molecule has 2 heterocycles. The Morgan fingerprint density at radius 2 is 1.80 bits per heavy atom. The molecule has 0 saturated carbocycles. The molecule has 0 bridgehead atoms. The first-order chi connectivity index (χ1) is 21.7. The largest absolute Gasteiger partial charge is 0.507 e. The van der Waals surface area contributed by atoms with Gasteiger partial charge in [0, 0.05) is 22.6 Å². The highest BCUT2D eigenvalue weighted by Crippen LogP contribution is 2.34. The molecule has 1 aromatic heterocycles. The summed E-state index contributed by atoms with van der Waals surface area (Å²) in [6, 6.07) is 16.7. The highest BCUT2D eigenvalue weighted by molar-refractivity contribution is 6.30. The van der Waals surface area contributed by atoms with Crippen LogP contribution >= 0.6 is 11.6 Å². The summed E-state index contributed by atoms with van der Waals surface area (Å²) in [5, 5.41) is 22.1. The van der Waals surface area contributed by atoms with Crippen LogP contribution in [0.5, 0.6) is 11.5 Å². The number of hydrogen-bond acceptors (Lipinski definition) is 9. The van der Waals surface area contributed by atoms with E-state index in [2.05, 4.69) is 25.8 Å². The first-order valence-electron chi connectivity index (χ1n) is 14.1. The zero-order valence-corrected chi connectivity index (χ0v) is 25.6. The number of methoxy groups -OCH3 is 1. The molecule has 45 heavy (non-hydrogen) atoms. The van der Waals surface area contributed by atoms with Gasteiger partial charge in [0.15, 0.2) is 11.6 Å². The van der Waals surface area contributed by atoms with Crippen molar-refractivity contribution in [3.05, 3.63) is 99.6 Å². The fourth-order valence-electron chi connectivity index (χ4n) is 5.07. The Kier molecular flexibility index (Phi) is 9.55. The number of phenolic OH excluding ortho intramolecular Hbond substituents is 1. The first-order valence-corrected chi connectivity index (χ1v) is 14.4. The molecule has 12 nitrogen and oxygen atoms in total. The molecule has 1 aliphatic heterocycles. The number of aryl methyl sites for hydroxylation is 2. The third kappa shape index (κ3) is 7.03. The van der Waals surface area contributed by atoms with E-state index < -0.39 is 11.9 Å². The van der Waals surface area contributed by atoms with Crippen LogP contribution in [-0.4, -0.2) is 63.9 Å². The molecule has 0 saturated heterocycles. The maximum Gasteiger partial charge on any atom is 0.278 e. The minimum Gasteiger partial charge on any atom is -0.507 e. The van der Waals surface area contributed by atoms with Crippen molar-refractivity contribution in [2.75, 3.05) is 20.8 Å². The van der Waals surface area contributed by atoms with Gasteiger partial charge in [-0.25, -0.2) is 5.48 Å². The zero-order chi connectivity index (χ0) is 32.1. The van der Waals surface area contributed by atoms with E-state index >= 15 is 0 Å². The standard InChI is InChI=1S/C32H31ClN6O6/c1-18-36-37-31-26(16-29(42)34-17-22(40)10-4-19-5-12-24(28(41)14-19)32(43)38-45-3)35-30(20-6-8-21(33)9-7-20)25-15-23(44-2)11-13-27(25)39(18)31/h5-9,11-15,26,41H,4,10,16-17H2,1-3H3,(H,34,42)(H,38,43)/t26-/m0/s1. The van der Waals surface area contributed by atoms with Crippen LogP contribution in [0.15, 0.2) is 65.7 Å². The van der Waals surface area contributed by atoms with Crippen molar-refractivity contribution in [2.24, 2.45) is 4.99 Å². The highest BCUT2D eigenvalue weighted by atomic mass is 35.5. The van der Waals surface area contributed by atoms with Crippen molar-refractivity contribution in [1.82, 2.24) is 25.6 Å². The molecule has 3 N–H and O–H groups in total. The molecule has 1 atom stereocenters. The van der Waals surface area contributed by atoms with Crippen molar-refractivity contribution in [3.63, 3.8) is 0 Å². The minimum absolute atomic E-state index is 0.0489. The van der Waals surface area contributed by atoms with Gasteiger partial charge in [0.2, 0.25) is 5.91 Å². The van der Waals surface area contributed by atoms with Crippen LogP contribution in [0.2, 0.25) is 5.02 Å². The Bertz CT molecular complexity index is 1790. The maximum atomic E-state index is 13.2. The number of aromatic hydroxyl groups is 1. The van der Waals surface area contributed by atoms with Crippen molar-refractivity contribution in [2.45, 2.75) is 32.2 Å². The summed E-state index contributed by atoms with van der Waals surface area (Å²) in [5.74, 6) is 0.363. The van der Waals surface area contributed by atoms with Gasteiger partial charge in [0.1, 0.15) is 23.4 Å². The molecule has 0 fully saturated rings. The van der Waals surface area contributed by atoms with Gasteiger partial charge < -0.3 is 15.2 Å². The van der Waals surface area contributed by atoms with Gasteiger partial charge in [0.25, 0.3) is 5.91 Å². The van der Waals surface area contributed by atoms with E-state index in [0.29, 0.717) is 40.1 Å². The van der Waals surface area contributed by atoms with Gasteiger partial charge >= 0.3 is 0 Å². The van der Waals surface area contributed by atoms with Crippen LogP contribution in [0.4, 0.5) is 0 Å².